The molecule has 11 heavy (non-hydrogen) atoms. The van der Waals surface area contributed by atoms with Crippen molar-refractivity contribution in [2.45, 2.75) is 5.03 Å². The van der Waals surface area contributed by atoms with Crippen molar-refractivity contribution in [1.82, 2.24) is 4.98 Å². The molecule has 0 radical (unpaired) electrons. The Kier molecular flexibility index (Phi) is 2.51. The average molecular weight is 257 g/mol. The SMILES string of the molecule is O=S(=O)(Cl)c1cccc(Br)n1. The first-order chi connectivity index (χ1) is 5.00. The maximum atomic E-state index is 10.7. The summed E-state index contributed by atoms with van der Waals surface area (Å²) >= 11 is 3.02. The fourth-order valence-electron chi connectivity index (χ4n) is 0.525. The zero-order valence-corrected chi connectivity index (χ0v) is 8.32. The molecule has 0 aliphatic rings. The summed E-state index contributed by atoms with van der Waals surface area (Å²) in [5, 5.41) is -0.145. The van der Waals surface area contributed by atoms with Crippen molar-refractivity contribution in [2.75, 3.05) is 0 Å². The van der Waals surface area contributed by atoms with Gasteiger partial charge in [-0.15, -0.1) is 0 Å². The van der Waals surface area contributed by atoms with Gasteiger partial charge in [-0.25, -0.2) is 13.4 Å². The third-order valence-corrected chi connectivity index (χ3v) is 2.58. The molecule has 60 valence electrons. The molecule has 1 aromatic rings. The maximum Gasteiger partial charge on any atom is 0.278 e. The van der Waals surface area contributed by atoms with Gasteiger partial charge in [0.05, 0.1) is 0 Å². The zero-order chi connectivity index (χ0) is 8.48. The molecule has 6 heteroatoms. The second-order valence-electron chi connectivity index (χ2n) is 1.74. The van der Waals surface area contributed by atoms with E-state index in [2.05, 4.69) is 20.9 Å². The van der Waals surface area contributed by atoms with Gasteiger partial charge in [-0.2, -0.15) is 0 Å². The van der Waals surface area contributed by atoms with Crippen LogP contribution in [0.3, 0.4) is 0 Å². The number of rotatable bonds is 1. The summed E-state index contributed by atoms with van der Waals surface area (Å²) in [6.45, 7) is 0. The average Bonchev–Trinajstić information content (AvgIpc) is 1.86. The van der Waals surface area contributed by atoms with Crippen LogP contribution in [0.1, 0.15) is 0 Å². The Morgan fingerprint density at radius 3 is 2.45 bits per heavy atom. The largest absolute Gasteiger partial charge is 0.278 e. The van der Waals surface area contributed by atoms with Gasteiger partial charge < -0.3 is 0 Å². The van der Waals surface area contributed by atoms with E-state index in [1.165, 1.54) is 6.07 Å². The fourth-order valence-corrected chi connectivity index (χ4v) is 1.69. The van der Waals surface area contributed by atoms with Crippen LogP contribution in [0.15, 0.2) is 27.8 Å². The number of hydrogen-bond acceptors (Lipinski definition) is 3. The van der Waals surface area contributed by atoms with E-state index >= 15 is 0 Å². The van der Waals surface area contributed by atoms with E-state index in [0.29, 0.717) is 4.60 Å². The van der Waals surface area contributed by atoms with Crippen molar-refractivity contribution in [3.8, 4) is 0 Å². The quantitative estimate of drug-likeness (QED) is 0.568. The molecule has 0 saturated carbocycles. The lowest BCUT2D eigenvalue weighted by Gasteiger charge is -1.93. The van der Waals surface area contributed by atoms with Crippen LogP contribution in [-0.4, -0.2) is 13.4 Å². The lowest BCUT2D eigenvalue weighted by atomic mass is 10.5. The molecule has 1 heterocycles. The second kappa shape index (κ2) is 3.08. The molecule has 0 N–H and O–H groups in total. The molecule has 0 spiro atoms. The summed E-state index contributed by atoms with van der Waals surface area (Å²) in [4.78, 5) is 3.64. The highest BCUT2D eigenvalue weighted by molar-refractivity contribution is 9.10. The van der Waals surface area contributed by atoms with Crippen molar-refractivity contribution in [3.63, 3.8) is 0 Å². The third kappa shape index (κ3) is 2.43. The number of hydrogen-bond donors (Lipinski definition) is 0. The van der Waals surface area contributed by atoms with E-state index in [9.17, 15) is 8.42 Å². The predicted molar refractivity (Wildman–Crippen MR) is 45.0 cm³/mol. The molecule has 0 aliphatic carbocycles. The maximum absolute atomic E-state index is 10.7. The van der Waals surface area contributed by atoms with Crippen LogP contribution >= 0.6 is 26.6 Å². The Bertz CT molecular complexity index is 365. The minimum absolute atomic E-state index is 0.145. The molecule has 0 saturated heterocycles. The topological polar surface area (TPSA) is 47.0 Å². The molecule has 0 aliphatic heterocycles. The Morgan fingerprint density at radius 2 is 2.09 bits per heavy atom. The van der Waals surface area contributed by atoms with E-state index in [-0.39, 0.29) is 5.03 Å². The van der Waals surface area contributed by atoms with Gasteiger partial charge in [0.2, 0.25) is 0 Å². The second-order valence-corrected chi connectivity index (χ2v) is 5.06. The fraction of sp³-hybridized carbons (Fsp3) is 0. The summed E-state index contributed by atoms with van der Waals surface area (Å²) in [5.41, 5.74) is 0. The van der Waals surface area contributed by atoms with Crippen LogP contribution in [0.2, 0.25) is 0 Å². The summed E-state index contributed by atoms with van der Waals surface area (Å²) < 4.78 is 21.8. The van der Waals surface area contributed by atoms with Gasteiger partial charge in [-0.3, -0.25) is 0 Å². The van der Waals surface area contributed by atoms with Gasteiger partial charge in [0.1, 0.15) is 4.60 Å². The van der Waals surface area contributed by atoms with Crippen LogP contribution in [-0.2, 0) is 9.05 Å². The summed E-state index contributed by atoms with van der Waals surface area (Å²) in [6, 6.07) is 4.49. The van der Waals surface area contributed by atoms with Gasteiger partial charge in [0.15, 0.2) is 5.03 Å². The number of halogens is 2. The minimum atomic E-state index is -3.69. The van der Waals surface area contributed by atoms with Crippen LogP contribution < -0.4 is 0 Å². The molecule has 1 aromatic heterocycles. The smallest absolute Gasteiger partial charge is 0.228 e. The monoisotopic (exact) mass is 255 g/mol. The van der Waals surface area contributed by atoms with Gasteiger partial charge in [0, 0.05) is 10.7 Å². The first-order valence-electron chi connectivity index (χ1n) is 2.57. The number of aromatic nitrogens is 1. The Labute approximate surface area is 77.0 Å². The zero-order valence-electron chi connectivity index (χ0n) is 5.16. The van der Waals surface area contributed by atoms with Crippen LogP contribution in [0.25, 0.3) is 0 Å². The summed E-state index contributed by atoms with van der Waals surface area (Å²) in [6.07, 6.45) is 0. The van der Waals surface area contributed by atoms with Crippen molar-refractivity contribution in [3.05, 3.63) is 22.8 Å². The standard InChI is InChI=1S/C5H3BrClNO2S/c6-4-2-1-3-5(8-4)11(7,9)10/h1-3H. The highest BCUT2D eigenvalue weighted by atomic mass is 79.9. The molecule has 0 amide bonds. The summed E-state index contributed by atoms with van der Waals surface area (Å²) in [5.74, 6) is 0. The molecule has 0 atom stereocenters. The first-order valence-corrected chi connectivity index (χ1v) is 5.67. The van der Waals surface area contributed by atoms with E-state index in [0.717, 1.165) is 0 Å². The van der Waals surface area contributed by atoms with Gasteiger partial charge in [-0.05, 0) is 28.1 Å². The van der Waals surface area contributed by atoms with E-state index in [1.807, 2.05) is 0 Å². The first kappa shape index (κ1) is 8.96. The van der Waals surface area contributed by atoms with E-state index in [4.69, 9.17) is 10.7 Å². The van der Waals surface area contributed by atoms with E-state index < -0.39 is 9.05 Å². The molecule has 0 aromatic carbocycles. The van der Waals surface area contributed by atoms with Crippen molar-refractivity contribution >= 4 is 35.7 Å². The van der Waals surface area contributed by atoms with Gasteiger partial charge >= 0.3 is 0 Å². The molecular formula is C5H3BrClNO2S. The molecular weight excluding hydrogens is 253 g/mol. The highest BCUT2D eigenvalue weighted by Crippen LogP contribution is 2.14. The van der Waals surface area contributed by atoms with Crippen LogP contribution in [0.5, 0.6) is 0 Å². The summed E-state index contributed by atoms with van der Waals surface area (Å²) in [7, 11) is 1.33. The van der Waals surface area contributed by atoms with E-state index in [1.54, 1.807) is 12.1 Å². The predicted octanol–water partition coefficient (Wildman–Crippen LogP) is 1.77. The van der Waals surface area contributed by atoms with Crippen LogP contribution in [0, 0.1) is 0 Å². The van der Waals surface area contributed by atoms with Gasteiger partial charge in [-0.1, -0.05) is 6.07 Å². The van der Waals surface area contributed by atoms with Crippen LogP contribution in [0.4, 0.5) is 0 Å². The minimum Gasteiger partial charge on any atom is -0.228 e. The normalized spacial score (nSPS) is 11.5. The van der Waals surface area contributed by atoms with Crippen molar-refractivity contribution in [2.24, 2.45) is 0 Å². The number of nitrogens with zero attached hydrogens (tertiary/aromatic N) is 1. The lowest BCUT2D eigenvalue weighted by Crippen LogP contribution is -1.93. The Balaban J connectivity index is 3.28. The Morgan fingerprint density at radius 1 is 1.45 bits per heavy atom. The molecule has 0 bridgehead atoms. The molecule has 3 nitrogen and oxygen atoms in total. The molecule has 0 unspecified atom stereocenters. The molecule has 0 fully saturated rings. The van der Waals surface area contributed by atoms with Gasteiger partial charge in [0.25, 0.3) is 9.05 Å². The highest BCUT2D eigenvalue weighted by Gasteiger charge is 2.10. The lowest BCUT2D eigenvalue weighted by molar-refractivity contribution is 0.606. The van der Waals surface area contributed by atoms with Crippen molar-refractivity contribution < 1.29 is 8.42 Å². The molecule has 1 rings (SSSR count). The third-order valence-electron chi connectivity index (χ3n) is 0.939. The Hall–Kier alpha value is -0.130. The number of pyridine rings is 1. The van der Waals surface area contributed by atoms with Crippen molar-refractivity contribution in [1.29, 1.82) is 0 Å².